The Kier molecular flexibility index (Phi) is 5.18. The molecule has 2 rings (SSSR count). The smallest absolute Gasteiger partial charge is 0.348 e. The van der Waals surface area contributed by atoms with Gasteiger partial charge in [0.25, 0.3) is 5.91 Å². The molecule has 0 bridgehead atoms. The summed E-state index contributed by atoms with van der Waals surface area (Å²) < 4.78 is 38.0. The lowest BCUT2D eigenvalue weighted by atomic mass is 10.1. The minimum Gasteiger partial charge on any atom is -0.348 e. The summed E-state index contributed by atoms with van der Waals surface area (Å²) in [6.45, 7) is 1.25. The number of hydrogen-bond donors (Lipinski definition) is 2. The third-order valence-corrected chi connectivity index (χ3v) is 3.03. The fourth-order valence-electron chi connectivity index (χ4n) is 1.96. The number of rotatable bonds is 4. The Balaban J connectivity index is 2.04. The third kappa shape index (κ3) is 4.80. The van der Waals surface area contributed by atoms with Crippen molar-refractivity contribution >= 4 is 17.6 Å². The topological polar surface area (TPSA) is 71.1 Å². The largest absolute Gasteiger partial charge is 0.416 e. The number of alkyl halides is 3. The van der Waals surface area contributed by atoms with Gasteiger partial charge in [0.2, 0.25) is 5.91 Å². The van der Waals surface area contributed by atoms with Crippen molar-refractivity contribution in [2.24, 2.45) is 0 Å². The van der Waals surface area contributed by atoms with Crippen LogP contribution in [-0.2, 0) is 17.5 Å². The van der Waals surface area contributed by atoms with Crippen LogP contribution in [0.25, 0.3) is 0 Å². The second-order valence-corrected chi connectivity index (χ2v) is 4.99. The van der Waals surface area contributed by atoms with Gasteiger partial charge in [-0.05, 0) is 29.8 Å². The normalized spacial score (nSPS) is 11.0. The SMILES string of the molecule is CC(=O)Nc1cc(C(=O)NCc2cccc(C(F)(F)F)c2)ccn1. The van der Waals surface area contributed by atoms with Crippen LogP contribution in [0.3, 0.4) is 0 Å². The van der Waals surface area contributed by atoms with Crippen LogP contribution in [0.1, 0.15) is 28.4 Å². The quantitative estimate of drug-likeness (QED) is 0.901. The van der Waals surface area contributed by atoms with E-state index < -0.39 is 17.6 Å². The molecule has 24 heavy (non-hydrogen) atoms. The van der Waals surface area contributed by atoms with E-state index in [1.54, 1.807) is 0 Å². The maximum atomic E-state index is 12.7. The number of pyridine rings is 1. The summed E-state index contributed by atoms with van der Waals surface area (Å²) in [4.78, 5) is 26.9. The highest BCUT2D eigenvalue weighted by Gasteiger charge is 2.30. The number of carbonyl (C=O) groups is 2. The Morgan fingerprint density at radius 1 is 1.17 bits per heavy atom. The minimum atomic E-state index is -4.43. The average molecular weight is 337 g/mol. The van der Waals surface area contributed by atoms with Crippen molar-refractivity contribution in [1.29, 1.82) is 0 Å². The van der Waals surface area contributed by atoms with E-state index in [4.69, 9.17) is 0 Å². The van der Waals surface area contributed by atoms with Gasteiger partial charge < -0.3 is 10.6 Å². The highest BCUT2D eigenvalue weighted by molar-refractivity contribution is 5.96. The van der Waals surface area contributed by atoms with Gasteiger partial charge in [0.05, 0.1) is 5.56 Å². The van der Waals surface area contributed by atoms with E-state index in [2.05, 4.69) is 15.6 Å². The number of benzene rings is 1. The molecule has 0 radical (unpaired) electrons. The molecule has 0 saturated heterocycles. The van der Waals surface area contributed by atoms with Crippen molar-refractivity contribution in [3.05, 3.63) is 59.3 Å². The van der Waals surface area contributed by atoms with Crippen LogP contribution in [-0.4, -0.2) is 16.8 Å². The molecule has 0 saturated carbocycles. The molecule has 1 aromatic carbocycles. The molecule has 0 aliphatic rings. The fourth-order valence-corrected chi connectivity index (χ4v) is 1.96. The van der Waals surface area contributed by atoms with E-state index in [1.165, 1.54) is 37.4 Å². The van der Waals surface area contributed by atoms with Gasteiger partial charge in [0, 0.05) is 25.2 Å². The first-order valence-electron chi connectivity index (χ1n) is 6.93. The first-order chi connectivity index (χ1) is 11.3. The summed E-state index contributed by atoms with van der Waals surface area (Å²) in [5.74, 6) is -0.598. The number of anilines is 1. The van der Waals surface area contributed by atoms with Gasteiger partial charge in [0.1, 0.15) is 5.82 Å². The molecule has 0 atom stereocenters. The highest BCUT2D eigenvalue weighted by Crippen LogP contribution is 2.29. The summed E-state index contributed by atoms with van der Waals surface area (Å²) in [6.07, 6.45) is -3.08. The molecule has 2 aromatic rings. The van der Waals surface area contributed by atoms with Crippen molar-refractivity contribution in [1.82, 2.24) is 10.3 Å². The predicted octanol–water partition coefficient (Wildman–Crippen LogP) is 2.99. The molecular formula is C16H14F3N3O2. The zero-order valence-electron chi connectivity index (χ0n) is 12.6. The van der Waals surface area contributed by atoms with Gasteiger partial charge in [-0.15, -0.1) is 0 Å². The van der Waals surface area contributed by atoms with Crippen LogP contribution in [0.2, 0.25) is 0 Å². The Labute approximate surface area is 135 Å². The maximum Gasteiger partial charge on any atom is 0.416 e. The van der Waals surface area contributed by atoms with Crippen LogP contribution in [0, 0.1) is 0 Å². The van der Waals surface area contributed by atoms with E-state index in [1.807, 2.05) is 0 Å². The second kappa shape index (κ2) is 7.12. The standard InChI is InChI=1S/C16H14F3N3O2/c1-10(23)22-14-8-12(5-6-20-14)15(24)21-9-11-3-2-4-13(7-11)16(17,18)19/h2-8H,9H2,1H3,(H,21,24)(H,20,22,23). The van der Waals surface area contributed by atoms with Crippen molar-refractivity contribution < 1.29 is 22.8 Å². The summed E-state index contributed by atoms with van der Waals surface area (Å²) in [7, 11) is 0. The van der Waals surface area contributed by atoms with Gasteiger partial charge in [-0.3, -0.25) is 9.59 Å². The van der Waals surface area contributed by atoms with Crippen LogP contribution >= 0.6 is 0 Å². The van der Waals surface area contributed by atoms with Gasteiger partial charge in [-0.2, -0.15) is 13.2 Å². The van der Waals surface area contributed by atoms with E-state index in [9.17, 15) is 22.8 Å². The van der Waals surface area contributed by atoms with Crippen molar-refractivity contribution in [2.75, 3.05) is 5.32 Å². The van der Waals surface area contributed by atoms with Crippen LogP contribution in [0.5, 0.6) is 0 Å². The Bertz CT molecular complexity index is 760. The zero-order valence-corrected chi connectivity index (χ0v) is 12.6. The van der Waals surface area contributed by atoms with Crippen molar-refractivity contribution in [3.8, 4) is 0 Å². The number of hydrogen-bond acceptors (Lipinski definition) is 3. The lowest BCUT2D eigenvalue weighted by Crippen LogP contribution is -2.23. The van der Waals surface area contributed by atoms with Gasteiger partial charge >= 0.3 is 6.18 Å². The van der Waals surface area contributed by atoms with Crippen molar-refractivity contribution in [2.45, 2.75) is 19.6 Å². The maximum absolute atomic E-state index is 12.7. The number of carbonyl (C=O) groups excluding carboxylic acids is 2. The number of halogens is 3. The second-order valence-electron chi connectivity index (χ2n) is 4.99. The van der Waals surface area contributed by atoms with E-state index in [0.717, 1.165) is 12.1 Å². The number of aromatic nitrogens is 1. The molecule has 0 unspecified atom stereocenters. The van der Waals surface area contributed by atoms with Crippen LogP contribution in [0.15, 0.2) is 42.6 Å². The van der Waals surface area contributed by atoms with Crippen LogP contribution in [0.4, 0.5) is 19.0 Å². The molecule has 5 nitrogen and oxygen atoms in total. The molecule has 2 amide bonds. The molecule has 0 spiro atoms. The minimum absolute atomic E-state index is 0.0550. The average Bonchev–Trinajstić information content (AvgIpc) is 2.51. The Morgan fingerprint density at radius 2 is 1.92 bits per heavy atom. The number of nitrogens with zero attached hydrogens (tertiary/aromatic N) is 1. The van der Waals surface area contributed by atoms with Crippen LogP contribution < -0.4 is 10.6 Å². The summed E-state index contributed by atoms with van der Waals surface area (Å²) in [5.41, 5.74) is -0.207. The predicted molar refractivity (Wildman–Crippen MR) is 81.2 cm³/mol. The Morgan fingerprint density at radius 3 is 2.58 bits per heavy atom. The van der Waals surface area contributed by atoms with E-state index in [-0.39, 0.29) is 23.8 Å². The third-order valence-electron chi connectivity index (χ3n) is 3.03. The number of amides is 2. The van der Waals surface area contributed by atoms with Gasteiger partial charge in [-0.25, -0.2) is 4.98 Å². The zero-order chi connectivity index (χ0) is 17.7. The van der Waals surface area contributed by atoms with Crippen molar-refractivity contribution in [3.63, 3.8) is 0 Å². The summed E-state index contributed by atoms with van der Waals surface area (Å²) in [6, 6.07) is 7.54. The highest BCUT2D eigenvalue weighted by atomic mass is 19.4. The summed E-state index contributed by atoms with van der Waals surface area (Å²) in [5, 5.41) is 4.97. The molecule has 1 heterocycles. The lowest BCUT2D eigenvalue weighted by molar-refractivity contribution is -0.137. The summed E-state index contributed by atoms with van der Waals surface area (Å²) >= 11 is 0. The monoisotopic (exact) mass is 337 g/mol. The lowest BCUT2D eigenvalue weighted by Gasteiger charge is -2.10. The molecule has 0 fully saturated rings. The molecule has 8 heteroatoms. The number of nitrogens with one attached hydrogen (secondary N) is 2. The molecule has 1 aromatic heterocycles. The first kappa shape index (κ1) is 17.5. The molecule has 0 aliphatic heterocycles. The van der Waals surface area contributed by atoms with E-state index >= 15 is 0 Å². The molecular weight excluding hydrogens is 323 g/mol. The molecule has 2 N–H and O–H groups in total. The molecule has 126 valence electrons. The van der Waals surface area contributed by atoms with Gasteiger partial charge in [-0.1, -0.05) is 12.1 Å². The first-order valence-corrected chi connectivity index (χ1v) is 6.93. The Hall–Kier alpha value is -2.90. The molecule has 0 aliphatic carbocycles. The van der Waals surface area contributed by atoms with E-state index in [0.29, 0.717) is 5.56 Å². The van der Waals surface area contributed by atoms with Gasteiger partial charge in [0.15, 0.2) is 0 Å². The fraction of sp³-hybridized carbons (Fsp3) is 0.188.